The molecule has 0 spiro atoms. The first-order valence-electron chi connectivity index (χ1n) is 4.87. The van der Waals surface area contributed by atoms with Gasteiger partial charge in [0.25, 0.3) is 0 Å². The number of aliphatic hydroxyl groups is 2. The quantitative estimate of drug-likeness (QED) is 0.602. The lowest BCUT2D eigenvalue weighted by atomic mass is 10.1. The third-order valence-corrected chi connectivity index (χ3v) is 3.21. The summed E-state index contributed by atoms with van der Waals surface area (Å²) in [5.74, 6) is 0.341. The molecule has 2 N–H and O–H groups in total. The van der Waals surface area contributed by atoms with E-state index in [1.807, 2.05) is 0 Å². The lowest BCUT2D eigenvalue weighted by molar-refractivity contribution is 0.195. The molecule has 0 aliphatic rings. The van der Waals surface area contributed by atoms with E-state index in [1.165, 1.54) is 17.8 Å². The molecule has 0 aliphatic carbocycles. The number of hydrogen-bond donors (Lipinski definition) is 2. The fraction of sp³-hybridized carbons (Fsp3) is 0.455. The van der Waals surface area contributed by atoms with Crippen molar-refractivity contribution in [3.8, 4) is 0 Å². The van der Waals surface area contributed by atoms with Crippen LogP contribution in [0.3, 0.4) is 0 Å². The zero-order valence-corrected chi connectivity index (χ0v) is 9.43. The van der Waals surface area contributed by atoms with Crippen molar-refractivity contribution < 1.29 is 14.6 Å². The maximum Gasteiger partial charge on any atom is 0.137 e. The van der Waals surface area contributed by atoms with Gasteiger partial charge in [-0.15, -0.1) is 11.8 Å². The summed E-state index contributed by atoms with van der Waals surface area (Å²) in [4.78, 5) is 0.487. The van der Waals surface area contributed by atoms with Gasteiger partial charge in [0.05, 0.1) is 6.10 Å². The second-order valence-electron chi connectivity index (χ2n) is 3.26. The van der Waals surface area contributed by atoms with Gasteiger partial charge < -0.3 is 10.2 Å². The minimum atomic E-state index is -0.669. The van der Waals surface area contributed by atoms with Crippen molar-refractivity contribution in [3.63, 3.8) is 0 Å². The summed E-state index contributed by atoms with van der Waals surface area (Å²) >= 11 is 1.33. The number of halogens is 1. The molecule has 0 amide bonds. The van der Waals surface area contributed by atoms with Crippen LogP contribution in [0.15, 0.2) is 23.1 Å². The van der Waals surface area contributed by atoms with Gasteiger partial charge in [-0.25, -0.2) is 4.39 Å². The van der Waals surface area contributed by atoms with E-state index in [0.717, 1.165) is 0 Å². The van der Waals surface area contributed by atoms with Crippen LogP contribution in [0.4, 0.5) is 4.39 Å². The minimum Gasteiger partial charge on any atom is -0.396 e. The Balaban J connectivity index is 2.82. The van der Waals surface area contributed by atoms with E-state index in [4.69, 9.17) is 5.11 Å². The molecule has 0 fully saturated rings. The van der Waals surface area contributed by atoms with Crippen molar-refractivity contribution >= 4 is 11.8 Å². The molecular weight excluding hydrogens is 215 g/mol. The van der Waals surface area contributed by atoms with Crippen molar-refractivity contribution in [1.82, 2.24) is 0 Å². The van der Waals surface area contributed by atoms with Gasteiger partial charge in [0.2, 0.25) is 0 Å². The molecule has 0 saturated carbocycles. The van der Waals surface area contributed by atoms with Crippen LogP contribution in [0.2, 0.25) is 0 Å². The highest BCUT2D eigenvalue weighted by atomic mass is 32.2. The first kappa shape index (κ1) is 12.5. The third-order valence-electron chi connectivity index (χ3n) is 2.00. The van der Waals surface area contributed by atoms with Gasteiger partial charge in [-0.2, -0.15) is 0 Å². The van der Waals surface area contributed by atoms with E-state index in [-0.39, 0.29) is 12.4 Å². The Morgan fingerprint density at radius 2 is 2.20 bits per heavy atom. The highest BCUT2D eigenvalue weighted by molar-refractivity contribution is 7.99. The second-order valence-corrected chi connectivity index (χ2v) is 4.36. The number of aliphatic hydroxyl groups excluding tert-OH is 2. The van der Waals surface area contributed by atoms with Crippen LogP contribution in [0.1, 0.15) is 25.0 Å². The average molecular weight is 230 g/mol. The van der Waals surface area contributed by atoms with E-state index in [2.05, 4.69) is 0 Å². The van der Waals surface area contributed by atoms with Crippen LogP contribution in [-0.2, 0) is 0 Å². The topological polar surface area (TPSA) is 40.5 Å². The minimum absolute atomic E-state index is 0.103. The van der Waals surface area contributed by atoms with Gasteiger partial charge in [0.15, 0.2) is 0 Å². The molecule has 15 heavy (non-hydrogen) atoms. The van der Waals surface area contributed by atoms with Crippen LogP contribution in [-0.4, -0.2) is 22.6 Å². The van der Waals surface area contributed by atoms with Gasteiger partial charge in [0.1, 0.15) is 5.82 Å². The Bertz CT molecular complexity index is 315. The number of benzene rings is 1. The molecule has 1 aromatic carbocycles. The van der Waals surface area contributed by atoms with Gasteiger partial charge in [-0.3, -0.25) is 0 Å². The summed E-state index contributed by atoms with van der Waals surface area (Å²) in [6.07, 6.45) is -0.0459. The largest absolute Gasteiger partial charge is 0.396 e. The molecular formula is C11H15FO2S. The molecule has 4 heteroatoms. The van der Waals surface area contributed by atoms with Crippen molar-refractivity contribution in [1.29, 1.82) is 0 Å². The summed E-state index contributed by atoms with van der Waals surface area (Å²) in [5, 5.41) is 18.1. The molecule has 1 unspecified atom stereocenters. The predicted octanol–water partition coefficient (Wildman–Crippen LogP) is 2.35. The fourth-order valence-electron chi connectivity index (χ4n) is 1.25. The molecule has 0 bridgehead atoms. The van der Waals surface area contributed by atoms with E-state index >= 15 is 0 Å². The summed E-state index contributed by atoms with van der Waals surface area (Å²) in [6.45, 7) is 1.72. The summed E-state index contributed by atoms with van der Waals surface area (Å²) < 4.78 is 13.4. The zero-order chi connectivity index (χ0) is 11.3. The molecule has 0 aromatic heterocycles. The maximum absolute atomic E-state index is 13.4. The first-order chi connectivity index (χ1) is 7.16. The number of rotatable bonds is 5. The van der Waals surface area contributed by atoms with Crippen molar-refractivity contribution in [3.05, 3.63) is 29.6 Å². The molecule has 0 heterocycles. The monoisotopic (exact) mass is 230 g/mol. The number of thioether (sulfide) groups is 1. The van der Waals surface area contributed by atoms with E-state index in [9.17, 15) is 9.50 Å². The number of hydrogen-bond acceptors (Lipinski definition) is 3. The maximum atomic E-state index is 13.4. The van der Waals surface area contributed by atoms with E-state index < -0.39 is 6.10 Å². The third kappa shape index (κ3) is 3.48. The van der Waals surface area contributed by atoms with Gasteiger partial charge in [-0.1, -0.05) is 12.1 Å². The lowest BCUT2D eigenvalue weighted by Gasteiger charge is -2.11. The van der Waals surface area contributed by atoms with Gasteiger partial charge in [0, 0.05) is 17.3 Å². The van der Waals surface area contributed by atoms with Crippen LogP contribution in [0, 0.1) is 5.82 Å². The van der Waals surface area contributed by atoms with Crippen LogP contribution in [0.5, 0.6) is 0 Å². The van der Waals surface area contributed by atoms with Crippen LogP contribution >= 0.6 is 11.8 Å². The summed E-state index contributed by atoms with van der Waals surface area (Å²) in [6, 6.07) is 4.69. The molecule has 0 saturated heterocycles. The van der Waals surface area contributed by atoms with Crippen molar-refractivity contribution in [2.75, 3.05) is 12.4 Å². The van der Waals surface area contributed by atoms with Gasteiger partial charge in [-0.05, 0) is 25.0 Å². The summed E-state index contributed by atoms with van der Waals surface area (Å²) in [5.41, 5.74) is 0.609. The second kappa shape index (κ2) is 6.10. The van der Waals surface area contributed by atoms with Crippen molar-refractivity contribution in [2.45, 2.75) is 24.3 Å². The molecule has 84 valence electrons. The highest BCUT2D eigenvalue weighted by Crippen LogP contribution is 2.30. The molecule has 1 aromatic rings. The smallest absolute Gasteiger partial charge is 0.137 e. The lowest BCUT2D eigenvalue weighted by Crippen LogP contribution is -1.97. The van der Waals surface area contributed by atoms with Crippen LogP contribution < -0.4 is 0 Å². The Morgan fingerprint density at radius 3 is 2.80 bits per heavy atom. The van der Waals surface area contributed by atoms with E-state index in [0.29, 0.717) is 22.6 Å². The predicted molar refractivity (Wildman–Crippen MR) is 59.5 cm³/mol. The zero-order valence-electron chi connectivity index (χ0n) is 8.61. The molecule has 1 rings (SSSR count). The van der Waals surface area contributed by atoms with E-state index in [1.54, 1.807) is 19.1 Å². The summed E-state index contributed by atoms with van der Waals surface area (Å²) in [7, 11) is 0. The molecule has 1 atom stereocenters. The molecule has 2 nitrogen and oxygen atoms in total. The Morgan fingerprint density at radius 1 is 1.47 bits per heavy atom. The Hall–Kier alpha value is -0.580. The van der Waals surface area contributed by atoms with Crippen LogP contribution in [0.25, 0.3) is 0 Å². The molecule has 0 radical (unpaired) electrons. The highest BCUT2D eigenvalue weighted by Gasteiger charge is 2.12. The van der Waals surface area contributed by atoms with Crippen molar-refractivity contribution in [2.24, 2.45) is 0 Å². The first-order valence-corrected chi connectivity index (χ1v) is 5.85. The average Bonchev–Trinajstić information content (AvgIpc) is 2.20. The standard InChI is InChI=1S/C11H15FO2S/c1-8(14)9-4-2-5-10(12)11(9)15-7-3-6-13/h2,4-5,8,13-14H,3,6-7H2,1H3. The Labute approximate surface area is 93.1 Å². The normalized spacial score (nSPS) is 12.8. The Kier molecular flexibility index (Phi) is 5.08. The fourth-order valence-corrected chi connectivity index (χ4v) is 2.33. The van der Waals surface area contributed by atoms with Gasteiger partial charge >= 0.3 is 0 Å². The SMILES string of the molecule is CC(O)c1cccc(F)c1SCCCO. The molecule has 0 aliphatic heterocycles.